The van der Waals surface area contributed by atoms with Crippen LogP contribution < -0.4 is 11.1 Å². The van der Waals surface area contributed by atoms with Crippen molar-refractivity contribution in [2.24, 2.45) is 17.1 Å². The zero-order chi connectivity index (χ0) is 14.5. The van der Waals surface area contributed by atoms with Crippen molar-refractivity contribution in [3.8, 4) is 0 Å². The molecule has 0 saturated heterocycles. The standard InChI is InChI=1S/C15H30N2OS/c1-15(2,3)9-11(10-16)14(18)17-12-5-7-13(19-4)8-6-12/h11-13H,5-10,16H2,1-4H3,(H,17,18). The maximum atomic E-state index is 12.3. The molecule has 1 amide bonds. The van der Waals surface area contributed by atoms with E-state index in [0.29, 0.717) is 12.6 Å². The average molecular weight is 286 g/mol. The van der Waals surface area contributed by atoms with E-state index in [9.17, 15) is 4.79 Å². The molecule has 0 aromatic rings. The predicted molar refractivity (Wildman–Crippen MR) is 84.3 cm³/mol. The molecule has 1 saturated carbocycles. The largest absolute Gasteiger partial charge is 0.353 e. The Hall–Kier alpha value is -0.220. The molecular formula is C15H30N2OS. The number of hydrogen-bond donors (Lipinski definition) is 2. The van der Waals surface area contributed by atoms with E-state index in [1.54, 1.807) is 0 Å². The highest BCUT2D eigenvalue weighted by Crippen LogP contribution is 2.28. The van der Waals surface area contributed by atoms with Gasteiger partial charge >= 0.3 is 0 Å². The highest BCUT2D eigenvalue weighted by Gasteiger charge is 2.27. The van der Waals surface area contributed by atoms with Crippen LogP contribution in [0.25, 0.3) is 0 Å². The summed E-state index contributed by atoms with van der Waals surface area (Å²) in [6, 6.07) is 0.366. The molecule has 0 spiro atoms. The topological polar surface area (TPSA) is 55.1 Å². The Morgan fingerprint density at radius 1 is 1.32 bits per heavy atom. The monoisotopic (exact) mass is 286 g/mol. The number of hydrogen-bond acceptors (Lipinski definition) is 3. The van der Waals surface area contributed by atoms with Crippen LogP contribution >= 0.6 is 11.8 Å². The van der Waals surface area contributed by atoms with E-state index in [2.05, 4.69) is 32.3 Å². The van der Waals surface area contributed by atoms with Crippen LogP contribution in [0.1, 0.15) is 52.9 Å². The van der Waals surface area contributed by atoms with Gasteiger partial charge in [-0.3, -0.25) is 4.79 Å². The zero-order valence-corrected chi connectivity index (χ0v) is 13.7. The summed E-state index contributed by atoms with van der Waals surface area (Å²) in [4.78, 5) is 12.3. The van der Waals surface area contributed by atoms with E-state index in [4.69, 9.17) is 5.73 Å². The molecule has 1 atom stereocenters. The first-order valence-corrected chi connectivity index (χ1v) is 8.67. The quantitative estimate of drug-likeness (QED) is 0.817. The minimum absolute atomic E-state index is 0.0433. The molecular weight excluding hydrogens is 256 g/mol. The Bertz CT molecular complexity index is 280. The Labute approximate surface area is 122 Å². The fraction of sp³-hybridized carbons (Fsp3) is 0.933. The van der Waals surface area contributed by atoms with Gasteiger partial charge in [-0.2, -0.15) is 11.8 Å². The number of amides is 1. The minimum atomic E-state index is -0.0433. The van der Waals surface area contributed by atoms with Gasteiger partial charge in [0, 0.05) is 17.8 Å². The zero-order valence-electron chi connectivity index (χ0n) is 12.9. The molecule has 112 valence electrons. The first-order valence-electron chi connectivity index (χ1n) is 7.39. The maximum absolute atomic E-state index is 12.3. The van der Waals surface area contributed by atoms with Gasteiger partial charge in [0.2, 0.25) is 5.91 Å². The van der Waals surface area contributed by atoms with Gasteiger partial charge < -0.3 is 11.1 Å². The molecule has 1 aliphatic rings. The molecule has 1 unspecified atom stereocenters. The van der Waals surface area contributed by atoms with Gasteiger partial charge in [-0.1, -0.05) is 20.8 Å². The number of nitrogens with two attached hydrogens (primary N) is 1. The second kappa shape index (κ2) is 7.53. The Morgan fingerprint density at radius 2 is 1.89 bits per heavy atom. The van der Waals surface area contributed by atoms with Crippen molar-refractivity contribution in [2.75, 3.05) is 12.8 Å². The molecule has 4 heteroatoms. The number of carbonyl (C=O) groups is 1. The lowest BCUT2D eigenvalue weighted by atomic mass is 9.84. The molecule has 0 aromatic heterocycles. The van der Waals surface area contributed by atoms with Crippen molar-refractivity contribution in [3.05, 3.63) is 0 Å². The Kier molecular flexibility index (Phi) is 6.67. The summed E-state index contributed by atoms with van der Waals surface area (Å²) < 4.78 is 0. The molecule has 0 heterocycles. The van der Waals surface area contributed by atoms with Crippen LogP contribution in [-0.4, -0.2) is 30.0 Å². The smallest absolute Gasteiger partial charge is 0.224 e. The molecule has 19 heavy (non-hydrogen) atoms. The molecule has 0 aliphatic heterocycles. The predicted octanol–water partition coefficient (Wildman–Crippen LogP) is 2.79. The normalized spacial score (nSPS) is 25.9. The van der Waals surface area contributed by atoms with Crippen LogP contribution in [0.2, 0.25) is 0 Å². The van der Waals surface area contributed by atoms with Crippen LogP contribution in [0.5, 0.6) is 0 Å². The van der Waals surface area contributed by atoms with Gasteiger partial charge in [-0.05, 0) is 43.8 Å². The summed E-state index contributed by atoms with van der Waals surface area (Å²) in [6.07, 6.45) is 7.71. The van der Waals surface area contributed by atoms with Gasteiger partial charge in [-0.15, -0.1) is 0 Å². The fourth-order valence-corrected chi connectivity index (χ4v) is 3.53. The van der Waals surface area contributed by atoms with E-state index in [0.717, 1.165) is 24.5 Å². The lowest BCUT2D eigenvalue weighted by Crippen LogP contribution is -2.44. The summed E-state index contributed by atoms with van der Waals surface area (Å²) in [6.45, 7) is 6.93. The molecule has 3 nitrogen and oxygen atoms in total. The van der Waals surface area contributed by atoms with Crippen molar-refractivity contribution in [1.29, 1.82) is 0 Å². The highest BCUT2D eigenvalue weighted by molar-refractivity contribution is 7.99. The van der Waals surface area contributed by atoms with Gasteiger partial charge in [-0.25, -0.2) is 0 Å². The Balaban J connectivity index is 2.41. The van der Waals surface area contributed by atoms with Crippen molar-refractivity contribution in [1.82, 2.24) is 5.32 Å². The van der Waals surface area contributed by atoms with Gasteiger partial charge in [0.15, 0.2) is 0 Å². The fourth-order valence-electron chi connectivity index (χ4n) is 2.78. The van der Waals surface area contributed by atoms with E-state index in [1.807, 2.05) is 11.8 Å². The summed E-state index contributed by atoms with van der Waals surface area (Å²) in [5.74, 6) is 0.114. The third kappa shape index (κ3) is 6.17. The molecule has 1 fully saturated rings. The van der Waals surface area contributed by atoms with Gasteiger partial charge in [0.1, 0.15) is 0 Å². The lowest BCUT2D eigenvalue weighted by Gasteiger charge is -2.30. The highest BCUT2D eigenvalue weighted by atomic mass is 32.2. The molecule has 0 bridgehead atoms. The number of carbonyl (C=O) groups excluding carboxylic acids is 1. The first-order chi connectivity index (χ1) is 8.85. The molecule has 1 aliphatic carbocycles. The third-order valence-electron chi connectivity index (χ3n) is 3.87. The third-order valence-corrected chi connectivity index (χ3v) is 5.01. The van der Waals surface area contributed by atoms with Crippen LogP contribution in [0.4, 0.5) is 0 Å². The maximum Gasteiger partial charge on any atom is 0.224 e. The van der Waals surface area contributed by atoms with E-state index < -0.39 is 0 Å². The van der Waals surface area contributed by atoms with Crippen molar-refractivity contribution >= 4 is 17.7 Å². The van der Waals surface area contributed by atoms with E-state index in [1.165, 1.54) is 12.8 Å². The van der Waals surface area contributed by atoms with Gasteiger partial charge in [0.25, 0.3) is 0 Å². The summed E-state index contributed by atoms with van der Waals surface area (Å²) >= 11 is 1.95. The van der Waals surface area contributed by atoms with E-state index in [-0.39, 0.29) is 17.2 Å². The van der Waals surface area contributed by atoms with Gasteiger partial charge in [0.05, 0.1) is 5.92 Å². The average Bonchev–Trinajstić information content (AvgIpc) is 2.35. The number of nitrogens with one attached hydrogen (secondary N) is 1. The van der Waals surface area contributed by atoms with Crippen LogP contribution in [0.15, 0.2) is 0 Å². The number of thioether (sulfide) groups is 1. The van der Waals surface area contributed by atoms with Crippen LogP contribution in [0.3, 0.4) is 0 Å². The van der Waals surface area contributed by atoms with Crippen molar-refractivity contribution < 1.29 is 4.79 Å². The molecule has 0 aromatic carbocycles. The molecule has 0 radical (unpaired) electrons. The second-order valence-corrected chi connectivity index (χ2v) is 8.05. The number of rotatable bonds is 5. The first kappa shape index (κ1) is 16.8. The summed E-state index contributed by atoms with van der Waals surface area (Å²) in [7, 11) is 0. The van der Waals surface area contributed by atoms with Crippen LogP contribution in [-0.2, 0) is 4.79 Å². The van der Waals surface area contributed by atoms with Crippen molar-refractivity contribution in [2.45, 2.75) is 64.2 Å². The molecule has 3 N–H and O–H groups in total. The second-order valence-electron chi connectivity index (χ2n) is 6.92. The lowest BCUT2D eigenvalue weighted by molar-refractivity contribution is -0.126. The summed E-state index contributed by atoms with van der Waals surface area (Å²) in [5.41, 5.74) is 5.92. The van der Waals surface area contributed by atoms with Crippen LogP contribution in [0, 0.1) is 11.3 Å². The van der Waals surface area contributed by atoms with E-state index >= 15 is 0 Å². The summed E-state index contributed by atoms with van der Waals surface area (Å²) in [5, 5.41) is 3.99. The minimum Gasteiger partial charge on any atom is -0.353 e. The Morgan fingerprint density at radius 3 is 2.32 bits per heavy atom. The molecule has 1 rings (SSSR count). The SMILES string of the molecule is CSC1CCC(NC(=O)C(CN)CC(C)(C)C)CC1. The van der Waals surface area contributed by atoms with Crippen molar-refractivity contribution in [3.63, 3.8) is 0 Å².